The molecule has 2 amide bonds. The molecule has 2 aliphatic rings. The molecule has 16 nitrogen and oxygen atoms in total. The Hall–Kier alpha value is -4.55. The SMILES string of the molecule is CC(C)(O/N=C(\C(=O)NC1C(=O)N2C(C(=O)O)=C(C[n+]3cccc4[nH]cc(CCN)c43)CSC12)c1nsc(N)n1)C(=O)O. The summed E-state index contributed by atoms with van der Waals surface area (Å²) in [7, 11) is 0. The van der Waals surface area contributed by atoms with Gasteiger partial charge in [0.25, 0.3) is 11.8 Å². The fourth-order valence-corrected chi connectivity index (χ4v) is 6.44. The van der Waals surface area contributed by atoms with Crippen LogP contribution in [0, 0.1) is 0 Å². The number of carbonyl (C=O) groups excluding carboxylic acids is 2. The third-order valence-electron chi connectivity index (χ3n) is 6.84. The molecular weight excluding hydrogens is 602 g/mol. The van der Waals surface area contributed by atoms with E-state index in [2.05, 4.69) is 24.8 Å². The van der Waals surface area contributed by atoms with Crippen LogP contribution in [0.5, 0.6) is 0 Å². The molecule has 3 aromatic heterocycles. The van der Waals surface area contributed by atoms with Crippen molar-refractivity contribution >= 4 is 68.9 Å². The number of H-pyrrole nitrogens is 1. The fraction of sp³-hybridized carbons (Fsp3) is 0.360. The van der Waals surface area contributed by atoms with Crippen molar-refractivity contribution < 1.29 is 38.8 Å². The molecule has 2 unspecified atom stereocenters. The monoisotopic (exact) mass is 630 g/mol. The first kappa shape index (κ1) is 29.9. The van der Waals surface area contributed by atoms with E-state index in [1.807, 2.05) is 29.1 Å². The van der Waals surface area contributed by atoms with Crippen LogP contribution in [0.1, 0.15) is 25.2 Å². The first-order valence-electron chi connectivity index (χ1n) is 12.9. The quantitative estimate of drug-likeness (QED) is 0.0674. The number of nitrogens with one attached hydrogen (secondary N) is 2. The van der Waals surface area contributed by atoms with E-state index in [1.165, 1.54) is 25.6 Å². The average Bonchev–Trinajstić information content (AvgIpc) is 3.58. The number of thioether (sulfide) groups is 1. The van der Waals surface area contributed by atoms with Gasteiger partial charge in [0.15, 0.2) is 17.9 Å². The van der Waals surface area contributed by atoms with Crippen molar-refractivity contribution in [3.8, 4) is 0 Å². The Bertz CT molecular complexity index is 1700. The minimum atomic E-state index is -1.79. The summed E-state index contributed by atoms with van der Waals surface area (Å²) in [6, 6.07) is 2.66. The summed E-state index contributed by atoms with van der Waals surface area (Å²) in [4.78, 5) is 63.8. The predicted octanol–water partition coefficient (Wildman–Crippen LogP) is -0.587. The maximum Gasteiger partial charge on any atom is 0.352 e. The highest BCUT2D eigenvalue weighted by molar-refractivity contribution is 8.00. The van der Waals surface area contributed by atoms with Crippen molar-refractivity contribution in [1.82, 2.24) is 24.6 Å². The fourth-order valence-electron chi connectivity index (χ4n) is 4.67. The van der Waals surface area contributed by atoms with Crippen LogP contribution in [-0.4, -0.2) is 88.2 Å². The minimum absolute atomic E-state index is 0.0221. The second-order valence-corrected chi connectivity index (χ2v) is 12.1. The number of carboxylic acid groups (broad SMARTS) is 2. The lowest BCUT2D eigenvalue weighted by Crippen LogP contribution is -2.71. The van der Waals surface area contributed by atoms with Crippen LogP contribution in [0.2, 0.25) is 0 Å². The van der Waals surface area contributed by atoms with Crippen LogP contribution in [0.3, 0.4) is 0 Å². The molecule has 5 rings (SSSR count). The Morgan fingerprint density at radius 3 is 2.77 bits per heavy atom. The van der Waals surface area contributed by atoms with Crippen molar-refractivity contribution in [2.75, 3.05) is 18.0 Å². The van der Waals surface area contributed by atoms with Crippen LogP contribution in [-0.2, 0) is 37.0 Å². The van der Waals surface area contributed by atoms with Crippen molar-refractivity contribution in [3.05, 3.63) is 47.2 Å². The van der Waals surface area contributed by atoms with Gasteiger partial charge in [0, 0.05) is 40.7 Å². The maximum atomic E-state index is 13.3. The summed E-state index contributed by atoms with van der Waals surface area (Å²) in [6.07, 6.45) is 4.35. The number of oxime groups is 1. The second kappa shape index (κ2) is 11.6. The van der Waals surface area contributed by atoms with Gasteiger partial charge >= 0.3 is 11.9 Å². The first-order chi connectivity index (χ1) is 20.4. The molecule has 2 atom stereocenters. The third-order valence-corrected chi connectivity index (χ3v) is 8.72. The number of fused-ring (bicyclic) bond motifs is 2. The molecule has 2 aliphatic heterocycles. The molecule has 0 aromatic carbocycles. The summed E-state index contributed by atoms with van der Waals surface area (Å²) >= 11 is 2.08. The number of nitrogen functional groups attached to an aromatic ring is 1. The van der Waals surface area contributed by atoms with E-state index in [-0.39, 0.29) is 29.0 Å². The molecule has 0 bridgehead atoms. The number of hydrogen-bond acceptors (Lipinski definition) is 12. The zero-order valence-electron chi connectivity index (χ0n) is 22.9. The number of carbonyl (C=O) groups is 4. The van der Waals surface area contributed by atoms with Crippen LogP contribution in [0.25, 0.3) is 11.0 Å². The summed E-state index contributed by atoms with van der Waals surface area (Å²) < 4.78 is 5.87. The van der Waals surface area contributed by atoms with Crippen molar-refractivity contribution in [2.24, 2.45) is 10.9 Å². The van der Waals surface area contributed by atoms with Gasteiger partial charge in [0.2, 0.25) is 22.7 Å². The molecule has 0 radical (unpaired) electrons. The van der Waals surface area contributed by atoms with Gasteiger partial charge in [-0.25, -0.2) is 9.59 Å². The van der Waals surface area contributed by atoms with Gasteiger partial charge in [-0.15, -0.1) is 11.8 Å². The van der Waals surface area contributed by atoms with Crippen LogP contribution in [0.15, 0.2) is 41.0 Å². The number of anilines is 1. The summed E-state index contributed by atoms with van der Waals surface area (Å²) in [5.41, 5.74) is 12.3. The number of nitrogens with two attached hydrogens (primary N) is 2. The van der Waals surface area contributed by atoms with Gasteiger partial charge in [-0.3, -0.25) is 14.5 Å². The molecule has 0 spiro atoms. The molecular formula is C25H28N9O7S2+. The number of hydrogen-bond donors (Lipinski definition) is 6. The molecule has 1 saturated heterocycles. The Kier molecular flexibility index (Phi) is 8.08. The van der Waals surface area contributed by atoms with E-state index < -0.39 is 46.5 Å². The lowest BCUT2D eigenvalue weighted by atomic mass is 10.0. The predicted molar refractivity (Wildman–Crippen MR) is 155 cm³/mol. The summed E-state index contributed by atoms with van der Waals surface area (Å²) in [5.74, 6) is -4.10. The lowest BCUT2D eigenvalue weighted by Gasteiger charge is -2.49. The highest BCUT2D eigenvalue weighted by Gasteiger charge is 2.55. The maximum absolute atomic E-state index is 13.3. The lowest BCUT2D eigenvalue weighted by molar-refractivity contribution is -0.663. The molecule has 3 aromatic rings. The number of aromatic nitrogens is 4. The first-order valence-corrected chi connectivity index (χ1v) is 14.7. The Labute approximate surface area is 251 Å². The van der Waals surface area contributed by atoms with Gasteiger partial charge in [0.1, 0.15) is 22.6 Å². The Balaban J connectivity index is 1.39. The summed E-state index contributed by atoms with van der Waals surface area (Å²) in [5, 5.41) is 25.0. The molecule has 0 saturated carbocycles. The molecule has 5 heterocycles. The highest BCUT2D eigenvalue weighted by Crippen LogP contribution is 2.40. The third kappa shape index (κ3) is 5.63. The molecule has 43 heavy (non-hydrogen) atoms. The second-order valence-electron chi connectivity index (χ2n) is 10.2. The van der Waals surface area contributed by atoms with Crippen LogP contribution < -0.4 is 21.4 Å². The van der Waals surface area contributed by atoms with Gasteiger partial charge < -0.3 is 36.8 Å². The van der Waals surface area contributed by atoms with Gasteiger partial charge in [0.05, 0.1) is 0 Å². The molecule has 18 heteroatoms. The molecule has 1 fully saturated rings. The minimum Gasteiger partial charge on any atom is -0.478 e. The number of pyridine rings is 1. The van der Waals surface area contributed by atoms with E-state index >= 15 is 0 Å². The zero-order valence-corrected chi connectivity index (χ0v) is 24.6. The average molecular weight is 631 g/mol. The topological polar surface area (TPSA) is 243 Å². The van der Waals surface area contributed by atoms with Crippen molar-refractivity contribution in [3.63, 3.8) is 0 Å². The number of nitrogens with zero attached hydrogens (tertiary/aromatic N) is 5. The Morgan fingerprint density at radius 2 is 2.12 bits per heavy atom. The number of aliphatic carboxylic acids is 2. The zero-order chi connectivity index (χ0) is 31.1. The number of aromatic amines is 1. The van der Waals surface area contributed by atoms with E-state index in [0.29, 0.717) is 18.5 Å². The largest absolute Gasteiger partial charge is 0.478 e. The number of rotatable bonds is 11. The van der Waals surface area contributed by atoms with Gasteiger partial charge in [-0.2, -0.15) is 13.9 Å². The van der Waals surface area contributed by atoms with Crippen molar-refractivity contribution in [2.45, 2.75) is 43.8 Å². The van der Waals surface area contributed by atoms with E-state index in [9.17, 15) is 29.4 Å². The Morgan fingerprint density at radius 1 is 1.35 bits per heavy atom. The number of carboxylic acids is 2. The van der Waals surface area contributed by atoms with Crippen LogP contribution in [0.4, 0.5) is 5.13 Å². The van der Waals surface area contributed by atoms with E-state index in [0.717, 1.165) is 33.0 Å². The standard InChI is InChI=1S/C25H27N9O7S2/c1-25(2,23(39)40)41-31-14(18-30-24(27)43-32-18)19(35)29-15-20(36)34-17(22(37)38)12(10-42-21(15)34)9-33-7-3-4-13-16(33)11(5-6-26)8-28-13/h3-4,7-8,15,21H,5-6,9-10,26H2,1-2H3,(H5,27,29,30,32,35,37,38,39,40)/p+1/b31-14-. The smallest absolute Gasteiger partial charge is 0.352 e. The van der Waals surface area contributed by atoms with E-state index in [4.69, 9.17) is 16.3 Å². The molecule has 0 aliphatic carbocycles. The molecule has 8 N–H and O–H groups in total. The van der Waals surface area contributed by atoms with Crippen molar-refractivity contribution in [1.29, 1.82) is 0 Å². The van der Waals surface area contributed by atoms with Gasteiger partial charge in [-0.1, -0.05) is 5.16 Å². The van der Waals surface area contributed by atoms with E-state index in [1.54, 1.807) is 0 Å². The molecule has 226 valence electrons. The highest BCUT2D eigenvalue weighted by atomic mass is 32.2. The summed E-state index contributed by atoms with van der Waals surface area (Å²) in [6.45, 7) is 3.13. The number of β-lactam (4-membered cyclic amide) rings is 1. The van der Waals surface area contributed by atoms with Gasteiger partial charge in [-0.05, 0) is 32.9 Å². The normalized spacial score (nSPS) is 18.8. The number of amides is 2. The van der Waals surface area contributed by atoms with Crippen LogP contribution >= 0.6 is 23.3 Å².